The molecule has 0 atom stereocenters. The summed E-state index contributed by atoms with van der Waals surface area (Å²) in [6, 6.07) is 4.40. The van der Waals surface area contributed by atoms with Crippen LogP contribution in [0.3, 0.4) is 0 Å². The number of aromatic nitrogens is 1. The second-order valence-electron chi connectivity index (χ2n) is 2.62. The molecule has 2 aromatic rings. The summed E-state index contributed by atoms with van der Waals surface area (Å²) in [5.41, 5.74) is 0. The summed E-state index contributed by atoms with van der Waals surface area (Å²) in [6.45, 7) is -4.88. The van der Waals surface area contributed by atoms with Gasteiger partial charge < -0.3 is 12.9 Å². The highest BCUT2D eigenvalue weighted by molar-refractivity contribution is 7.29. The van der Waals surface area contributed by atoms with E-state index in [0.29, 0.717) is 21.6 Å². The van der Waals surface area contributed by atoms with Crippen LogP contribution in [-0.4, -0.2) is 12.0 Å². The Morgan fingerprint density at radius 3 is 2.69 bits per heavy atom. The first-order valence-electron chi connectivity index (χ1n) is 3.62. The van der Waals surface area contributed by atoms with E-state index in [2.05, 4.69) is 4.98 Å². The summed E-state index contributed by atoms with van der Waals surface area (Å²) in [7, 11) is 0. The van der Waals surface area contributed by atoms with E-state index in [1.54, 1.807) is 12.1 Å². The normalized spacial score (nSPS) is 12.2. The lowest BCUT2D eigenvalue weighted by Gasteiger charge is -2.09. The first-order valence-corrected chi connectivity index (χ1v) is 4.43. The summed E-state index contributed by atoms with van der Waals surface area (Å²) in [6.07, 6.45) is 1.49. The van der Waals surface area contributed by atoms with Gasteiger partial charge in [-0.3, -0.25) is 0 Å². The second-order valence-corrected chi connectivity index (χ2v) is 3.68. The van der Waals surface area contributed by atoms with Gasteiger partial charge in [0.15, 0.2) is 0 Å². The molecule has 2 heterocycles. The molecule has 0 radical (unpaired) electrons. The number of pyridine rings is 1. The maximum Gasteiger partial charge on any atom is 0.519 e. The molecule has 0 bridgehead atoms. The molecule has 1 nitrogen and oxygen atoms in total. The molecule has 0 aliphatic carbocycles. The maximum absolute atomic E-state index is 12.3. The van der Waals surface area contributed by atoms with Crippen molar-refractivity contribution in [2.75, 3.05) is 0 Å². The lowest BCUT2D eigenvalue weighted by Crippen LogP contribution is -2.30. The van der Waals surface area contributed by atoms with Gasteiger partial charge in [-0.2, -0.15) is 11.3 Å². The van der Waals surface area contributed by atoms with Gasteiger partial charge in [0, 0.05) is 11.6 Å². The van der Waals surface area contributed by atoms with Crippen molar-refractivity contribution in [2.24, 2.45) is 0 Å². The zero-order valence-electron chi connectivity index (χ0n) is 6.38. The van der Waals surface area contributed by atoms with Gasteiger partial charge in [0.2, 0.25) is 0 Å². The minimum absolute atomic E-state index is 0.441. The molecule has 13 heavy (non-hydrogen) atoms. The van der Waals surface area contributed by atoms with Crippen LogP contribution in [0.15, 0.2) is 24.4 Å². The van der Waals surface area contributed by atoms with Gasteiger partial charge >= 0.3 is 6.98 Å². The highest BCUT2D eigenvalue weighted by Gasteiger charge is 2.27. The third kappa shape index (κ3) is 1.53. The fraction of sp³-hybridized carbons (Fsp3) is 0. The summed E-state index contributed by atoms with van der Waals surface area (Å²) < 4.78 is 36.3. The number of hydrogen-bond donors (Lipinski definition) is 0. The van der Waals surface area contributed by atoms with E-state index in [0.717, 1.165) is 6.07 Å². The zero-order chi connectivity index (χ0) is 9.47. The number of thiophene rings is 1. The molecule has 0 spiro atoms. The molecule has 0 unspecified atom stereocenters. The molecule has 0 fully saturated rings. The highest BCUT2D eigenvalue weighted by atomic mass is 32.1. The number of nitrogens with zero attached hydrogens (tertiary/aromatic N) is 1. The molecule has 6 heteroatoms. The van der Waals surface area contributed by atoms with Crippen molar-refractivity contribution in [2.45, 2.75) is 0 Å². The predicted molar refractivity (Wildman–Crippen MR) is 48.3 cm³/mol. The maximum atomic E-state index is 12.3. The van der Waals surface area contributed by atoms with Crippen LogP contribution in [0, 0.1) is 0 Å². The Hall–Kier alpha value is -1.04. The number of fused-ring (bicyclic) bond motifs is 1. The molecule has 68 valence electrons. The van der Waals surface area contributed by atoms with Crippen molar-refractivity contribution in [3.05, 3.63) is 24.4 Å². The van der Waals surface area contributed by atoms with E-state index in [1.165, 1.54) is 6.20 Å². The van der Waals surface area contributed by atoms with E-state index in [-0.39, 0.29) is 0 Å². The SMILES string of the molecule is F[B-](F)(F)c1cc2cccnc2s1. The van der Waals surface area contributed by atoms with Crippen LogP contribution < -0.4 is 4.78 Å². The standard InChI is InChI=1S/C7H4BF3NS/c9-8(10,11)6-4-5-2-1-3-12-7(5)13-6/h1-4H/q-1. The van der Waals surface area contributed by atoms with Crippen LogP contribution >= 0.6 is 11.3 Å². The summed E-state index contributed by atoms with van der Waals surface area (Å²) >= 11 is 0.696. The van der Waals surface area contributed by atoms with Crippen LogP contribution in [0.4, 0.5) is 12.9 Å². The molecule has 0 N–H and O–H groups in total. The third-order valence-corrected chi connectivity index (χ3v) is 2.79. The lowest BCUT2D eigenvalue weighted by molar-refractivity contribution is 0.503. The van der Waals surface area contributed by atoms with Gasteiger partial charge in [-0.15, -0.1) is 0 Å². The van der Waals surface area contributed by atoms with Gasteiger partial charge in [0.1, 0.15) is 4.83 Å². The van der Waals surface area contributed by atoms with E-state index < -0.39 is 11.8 Å². The topological polar surface area (TPSA) is 12.9 Å². The van der Waals surface area contributed by atoms with Gasteiger partial charge in [-0.25, -0.2) is 4.98 Å². The summed E-state index contributed by atoms with van der Waals surface area (Å²) in [5.74, 6) is 0. The monoisotopic (exact) mass is 202 g/mol. The minimum Gasteiger partial charge on any atom is -0.444 e. The largest absolute Gasteiger partial charge is 0.519 e. The van der Waals surface area contributed by atoms with Crippen LogP contribution in [0.2, 0.25) is 0 Å². The van der Waals surface area contributed by atoms with Crippen molar-refractivity contribution >= 4 is 33.3 Å². The van der Waals surface area contributed by atoms with Gasteiger partial charge in [-0.05, 0) is 6.07 Å². The molecular weight excluding hydrogens is 198 g/mol. The van der Waals surface area contributed by atoms with E-state index in [4.69, 9.17) is 0 Å². The first kappa shape index (κ1) is 8.56. The lowest BCUT2D eigenvalue weighted by atomic mass is 9.89. The molecule has 0 aliphatic rings. The minimum atomic E-state index is -4.88. The Labute approximate surface area is 76.3 Å². The number of hydrogen-bond acceptors (Lipinski definition) is 2. The molecule has 0 aromatic carbocycles. The zero-order valence-corrected chi connectivity index (χ0v) is 7.19. The number of halogens is 3. The smallest absolute Gasteiger partial charge is 0.444 e. The van der Waals surface area contributed by atoms with Crippen molar-refractivity contribution in [3.8, 4) is 0 Å². The summed E-state index contributed by atoms with van der Waals surface area (Å²) in [4.78, 5) is 4.29. The second kappa shape index (κ2) is 2.73. The highest BCUT2D eigenvalue weighted by Crippen LogP contribution is 2.21. The quantitative estimate of drug-likeness (QED) is 0.646. The van der Waals surface area contributed by atoms with Gasteiger partial charge in [-0.1, -0.05) is 16.9 Å². The van der Waals surface area contributed by atoms with Crippen LogP contribution in [0.25, 0.3) is 10.2 Å². The average Bonchev–Trinajstić information content (AvgIpc) is 2.45. The Morgan fingerprint density at radius 1 is 1.31 bits per heavy atom. The molecule has 2 rings (SSSR count). The van der Waals surface area contributed by atoms with Crippen molar-refractivity contribution in [3.63, 3.8) is 0 Å². The van der Waals surface area contributed by atoms with Crippen molar-refractivity contribution < 1.29 is 12.9 Å². The third-order valence-electron chi connectivity index (χ3n) is 1.64. The summed E-state index contributed by atoms with van der Waals surface area (Å²) in [5, 5.41) is 0.557. The molecule has 0 saturated heterocycles. The molecule has 0 saturated carbocycles. The molecular formula is C7H4BF3NS-. The fourth-order valence-electron chi connectivity index (χ4n) is 1.05. The van der Waals surface area contributed by atoms with Crippen molar-refractivity contribution in [1.82, 2.24) is 4.98 Å². The first-order chi connectivity index (χ1) is 6.07. The Kier molecular flexibility index (Phi) is 1.80. The Balaban J connectivity index is 2.63. The van der Waals surface area contributed by atoms with Crippen LogP contribution in [0.5, 0.6) is 0 Å². The molecule has 0 amide bonds. The molecule has 0 aliphatic heterocycles. The predicted octanol–water partition coefficient (Wildman–Crippen LogP) is 2.35. The molecule has 2 aromatic heterocycles. The van der Waals surface area contributed by atoms with E-state index in [1.807, 2.05) is 0 Å². The van der Waals surface area contributed by atoms with Crippen LogP contribution in [0.1, 0.15) is 0 Å². The Morgan fingerprint density at radius 2 is 2.08 bits per heavy atom. The van der Waals surface area contributed by atoms with E-state index in [9.17, 15) is 12.9 Å². The van der Waals surface area contributed by atoms with Gasteiger partial charge in [0.25, 0.3) is 0 Å². The van der Waals surface area contributed by atoms with E-state index >= 15 is 0 Å². The van der Waals surface area contributed by atoms with Gasteiger partial charge in [0.05, 0.1) is 0 Å². The van der Waals surface area contributed by atoms with Crippen molar-refractivity contribution in [1.29, 1.82) is 0 Å². The number of rotatable bonds is 1. The Bertz CT molecular complexity index is 403. The average molecular weight is 202 g/mol. The van der Waals surface area contributed by atoms with Crippen LogP contribution in [-0.2, 0) is 0 Å². The fourth-order valence-corrected chi connectivity index (χ4v) is 1.96.